The highest BCUT2D eigenvalue weighted by Crippen LogP contribution is 2.68. The zero-order valence-corrected chi connectivity index (χ0v) is 83.0. The van der Waals surface area contributed by atoms with Crippen molar-refractivity contribution in [2.24, 2.45) is 5.73 Å². The number of aliphatic hydroxyl groups is 2. The second-order valence-electron chi connectivity index (χ2n) is 30.7. The molecule has 6 heterocycles. The van der Waals surface area contributed by atoms with Crippen molar-refractivity contribution in [3.05, 3.63) is 104 Å². The summed E-state index contributed by atoms with van der Waals surface area (Å²) in [7, 11) is -28.9. The summed E-state index contributed by atoms with van der Waals surface area (Å²) >= 11 is 0. The normalized spacial score (nSPS) is 18.5. The van der Waals surface area contributed by atoms with Crippen LogP contribution in [0, 0.1) is 23.7 Å². The summed E-state index contributed by atoms with van der Waals surface area (Å²) < 4.78 is 113. The molecule has 4 aromatic heterocycles. The Morgan fingerprint density at radius 1 is 0.497 bits per heavy atom. The number of benzene rings is 2. The lowest BCUT2D eigenvalue weighted by molar-refractivity contribution is -0.147. The number of aliphatic hydroxyl groups excluding tert-OH is 2. The first-order chi connectivity index (χ1) is 67.1. The van der Waals surface area contributed by atoms with Gasteiger partial charge in [0.25, 0.3) is 11.1 Å². The van der Waals surface area contributed by atoms with Gasteiger partial charge in [0.1, 0.15) is 49.4 Å². The number of aliphatic carboxylic acids is 4. The van der Waals surface area contributed by atoms with Crippen molar-refractivity contribution in [1.82, 2.24) is 66.3 Å². The lowest BCUT2D eigenvalue weighted by atomic mass is 9.98. The number of phosphoric acid groups is 6. The Kier molecular flexibility index (Phi) is 45.4. The van der Waals surface area contributed by atoms with Crippen LogP contribution in [0.1, 0.15) is 131 Å². The lowest BCUT2D eigenvalue weighted by Gasteiger charge is -2.19. The fourth-order valence-electron chi connectivity index (χ4n) is 13.5. The van der Waals surface area contributed by atoms with E-state index in [1.54, 1.807) is 0 Å². The number of hydrogen-bond acceptors (Lipinski definition) is 39. The highest BCUT2D eigenvalue weighted by molar-refractivity contribution is 8.77. The van der Waals surface area contributed by atoms with Gasteiger partial charge in [-0.2, -0.15) is 27.2 Å². The Bertz CT molecular complexity index is 6140. The molecule has 0 spiro atoms. The second kappa shape index (κ2) is 55.0. The zero-order chi connectivity index (χ0) is 105. The lowest BCUT2D eigenvalue weighted by Crippen LogP contribution is -2.48. The number of rotatable bonds is 55. The molecule has 2 saturated heterocycles. The van der Waals surface area contributed by atoms with Crippen LogP contribution < -0.4 is 65.5 Å². The molecule has 68 heteroatoms. The monoisotopic (exact) mass is 2210 g/mol. The minimum absolute atomic E-state index is 0.00267. The maximum atomic E-state index is 13.5. The first-order valence-electron chi connectivity index (χ1n) is 42.1. The van der Waals surface area contributed by atoms with Gasteiger partial charge in [0.05, 0.1) is 79.3 Å². The van der Waals surface area contributed by atoms with Gasteiger partial charge in [0.2, 0.25) is 47.3 Å². The number of nitrogen functional groups attached to an aromatic ring is 2. The molecule has 0 bridgehead atoms. The number of nitrogens with one attached hydrogen (secondary N) is 9. The molecule has 7 amide bonds. The number of fused-ring (bicyclic) bond motifs is 5. The Morgan fingerprint density at radius 3 is 1.31 bits per heavy atom. The number of phosphoric ester groups is 2. The third-order valence-electron chi connectivity index (χ3n) is 19.8. The standard InChI is InChI=1S/C45H55N8O22P3S2.C30H45N8O20P3S2/c46-44-51-40-39(42(60)52-44)25(21-53(40)37-20-33(54)34(73-37)23-72-77(67,68)75-78(69,70)74-76(64,65)66)9-8-17-47-35(55)15-18-79-80-24-32(41(59)48-16-7-1-2-14-36(56)49-31(43(61)62)19-38(57)58)50-45(63)71-22-30-28-12-5-3-10-26(28)27-11-4-6-13-29(27)30;31-17(27(44)34-8-3-1-2-6-22(41)35-18(29(46)47)11-24(42)43)15-63-62-10-7-21(40)33-9-4-5-16-13-38(26-25(16)28(45)37-30(32)36-26)23-12-19(39)20(56-23)14-55-60(51,52)58-61(53,54)57-59(48,49)50/h3-6,10-13,21,30-34,37,54H,1-2,7,14-20,22-24H2,(H,47,55)(H,48,59)(H,49,56)(H,50,63)(H,57,58)(H,61,62)(H,67,68)(H,69,70)(H2,64,65,66)(H3,46,51,52,60);13,17-20,23,39H,1-3,6-12,14-15,31H2,(H,33,40)(H,34,44)(H,35,41)(H,42,43)(H,46,47)(H,51,52)(H,53,54)(H2,48,49,50)(H3,32,36,37,45). The van der Waals surface area contributed by atoms with E-state index >= 15 is 0 Å². The van der Waals surface area contributed by atoms with Crippen LogP contribution in [-0.4, -0.2) is 282 Å². The van der Waals surface area contributed by atoms with E-state index < -0.39 is 205 Å². The van der Waals surface area contributed by atoms with Crippen LogP contribution in [0.5, 0.6) is 0 Å². The van der Waals surface area contributed by atoms with Gasteiger partial charge >= 0.3 is 76.9 Å². The number of H-pyrrole nitrogens is 2. The van der Waals surface area contributed by atoms with Crippen molar-refractivity contribution in [2.45, 2.75) is 157 Å². The number of amides is 7. The molecule has 143 heavy (non-hydrogen) atoms. The largest absolute Gasteiger partial charge is 0.490 e. The molecule has 6 aromatic rings. The SMILES string of the molecule is Nc1nc2c(c(C#CCNC(=O)CCSSCC(N)C(=O)NCCCCCC(=O)NC(CC(=O)O)C(=O)O)cn2C2CC(O)C(COP(=O)(O)OP(=O)(O)OP(=O)(O)O)O2)c(=O)[nH]1.Nc1nc2c(c(C#CCNC(=O)CCSSCC(NC(=O)OCC3c4ccccc4-c4ccccc43)C(=O)NCCCCCC(=O)NC(CC(=O)O)C(=O)O)cn2C2CC(O)C(COP(=O)(O)OP(=O)(O)OP(=O)(O)O)O2)c(=O)[nH]1. The van der Waals surface area contributed by atoms with Crippen molar-refractivity contribution in [3.8, 4) is 34.8 Å². The molecular weight excluding hydrogens is 2110 g/mol. The number of aromatic nitrogens is 6. The number of carbonyl (C=O) groups excluding carboxylic acids is 7. The fraction of sp³-hybridized carbons (Fsp3) is 0.480. The Labute approximate surface area is 823 Å². The van der Waals surface area contributed by atoms with Crippen LogP contribution in [0.2, 0.25) is 0 Å². The van der Waals surface area contributed by atoms with Crippen molar-refractivity contribution in [3.63, 3.8) is 0 Å². The number of nitrogens with two attached hydrogens (primary N) is 3. The number of carbonyl (C=O) groups is 11. The number of anilines is 2. The number of unbranched alkanes of at least 4 members (excludes halogenated alkanes) is 4. The van der Waals surface area contributed by atoms with Crippen LogP contribution >= 0.6 is 90.1 Å². The molecule has 0 saturated carbocycles. The van der Waals surface area contributed by atoms with Gasteiger partial charge in [-0.25, -0.2) is 41.8 Å². The van der Waals surface area contributed by atoms with Crippen molar-refractivity contribution >= 4 is 189 Å². The van der Waals surface area contributed by atoms with Crippen molar-refractivity contribution in [1.29, 1.82) is 0 Å². The Balaban J connectivity index is 0.000000360. The molecule has 2 aromatic carbocycles. The third kappa shape index (κ3) is 39.7. The minimum atomic E-state index is -5.82. The second-order valence-corrected chi connectivity index (χ2v) is 44.7. The molecule has 1 aliphatic carbocycles. The van der Waals surface area contributed by atoms with Crippen LogP contribution in [-0.2, 0) is 116 Å². The summed E-state index contributed by atoms with van der Waals surface area (Å²) in [6.45, 7) is -1.81. The van der Waals surface area contributed by atoms with E-state index in [-0.39, 0.29) is 145 Å². The molecule has 2 aliphatic heterocycles. The molecule has 786 valence electrons. The van der Waals surface area contributed by atoms with E-state index in [9.17, 15) is 125 Å². The highest BCUT2D eigenvalue weighted by Gasteiger charge is 2.46. The molecule has 58 nitrogen and oxygen atoms in total. The Morgan fingerprint density at radius 2 is 0.902 bits per heavy atom. The van der Waals surface area contributed by atoms with Gasteiger partial charge in [-0.3, -0.25) is 67.0 Å². The summed E-state index contributed by atoms with van der Waals surface area (Å²) in [6.07, 6.45) is -5.43. The molecule has 14 unspecified atom stereocenters. The fourth-order valence-corrected chi connectivity index (χ4v) is 23.9. The predicted octanol–water partition coefficient (Wildman–Crippen LogP) is 0.751. The van der Waals surface area contributed by atoms with Crippen molar-refractivity contribution < 1.29 is 190 Å². The first kappa shape index (κ1) is 118. The van der Waals surface area contributed by atoms with Gasteiger partial charge in [0, 0.05) is 92.9 Å². The number of aromatic amines is 2. The van der Waals surface area contributed by atoms with Gasteiger partial charge in [-0.05, 0) is 47.9 Å². The van der Waals surface area contributed by atoms with Crippen LogP contribution in [0.25, 0.3) is 33.2 Å². The smallest absolute Gasteiger partial charge is 0.481 e. The molecule has 29 N–H and O–H groups in total. The Hall–Kier alpha value is -10.0. The van der Waals surface area contributed by atoms with Gasteiger partial charge < -0.3 is 148 Å². The number of carboxylic acid groups (broad SMARTS) is 4. The minimum Gasteiger partial charge on any atom is -0.481 e. The van der Waals surface area contributed by atoms with E-state index in [2.05, 4.69) is 107 Å². The predicted molar refractivity (Wildman–Crippen MR) is 504 cm³/mol. The van der Waals surface area contributed by atoms with Crippen molar-refractivity contribution in [2.75, 3.05) is 80.5 Å². The van der Waals surface area contributed by atoms with E-state index in [0.717, 1.165) is 22.3 Å². The molecular formula is C75H100N16O42P6S4. The summed E-state index contributed by atoms with van der Waals surface area (Å²) in [5.74, 6) is 2.44. The summed E-state index contributed by atoms with van der Waals surface area (Å²) in [5, 5.41) is 74.6. The number of hydrogen-bond donors (Lipinski definition) is 26. The molecule has 3 aliphatic rings. The molecule has 9 rings (SSSR count). The molecule has 0 radical (unpaired) electrons. The number of ether oxygens (including phenoxy) is 3. The van der Waals surface area contributed by atoms with Crippen LogP contribution in [0.3, 0.4) is 0 Å². The van der Waals surface area contributed by atoms with E-state index in [0.29, 0.717) is 44.3 Å². The number of carboxylic acids is 4. The van der Waals surface area contributed by atoms with Crippen LogP contribution in [0.15, 0.2) is 70.5 Å². The third-order valence-corrected chi connectivity index (χ3v) is 32.3. The van der Waals surface area contributed by atoms with E-state index in [1.807, 2.05) is 48.5 Å². The van der Waals surface area contributed by atoms with E-state index in [4.69, 9.17) is 66.3 Å². The maximum Gasteiger partial charge on any atom is 0.490 e. The quantitative estimate of drug-likeness (QED) is 0.0108. The molecule has 14 atom stereocenters. The summed E-state index contributed by atoms with van der Waals surface area (Å²) in [4.78, 5) is 244. The van der Waals surface area contributed by atoms with E-state index in [1.165, 1.54) is 64.7 Å². The summed E-state index contributed by atoms with van der Waals surface area (Å²) in [5.41, 5.74) is 20.2. The maximum absolute atomic E-state index is 13.5. The average Bonchev–Trinajstić information content (AvgIpc) is 1.62. The summed E-state index contributed by atoms with van der Waals surface area (Å²) in [6, 6.07) is 10.5. The van der Waals surface area contributed by atoms with Crippen LogP contribution in [0.4, 0.5) is 16.7 Å². The first-order valence-corrected chi connectivity index (χ1v) is 56.1. The molecule has 2 fully saturated rings. The zero-order valence-electron chi connectivity index (χ0n) is 74.3. The van der Waals surface area contributed by atoms with Gasteiger partial charge in [-0.15, -0.1) is 0 Å². The average molecular weight is 2210 g/mol. The highest BCUT2D eigenvalue weighted by atomic mass is 33.1. The van der Waals surface area contributed by atoms with Gasteiger partial charge in [0.15, 0.2) is 11.3 Å². The topological polar surface area (TPSA) is 920 Å². The number of nitrogens with zero attached hydrogens (tertiary/aromatic N) is 4. The van der Waals surface area contributed by atoms with Gasteiger partial charge in [-0.1, -0.05) is 128 Å². The number of alkyl carbamates (subject to hydrolysis) is 1.